The smallest absolute Gasteiger partial charge is 0.240 e. The van der Waals surface area contributed by atoms with Gasteiger partial charge in [-0.3, -0.25) is 9.59 Å². The quantitative estimate of drug-likeness (QED) is 0.917. The number of carbonyl (C=O) groups is 2. The molecule has 5 heteroatoms. The third-order valence-corrected chi connectivity index (χ3v) is 3.60. The first-order valence-corrected chi connectivity index (χ1v) is 7.72. The number of amides is 2. The maximum Gasteiger partial charge on any atom is 0.240 e. The number of hydrogen-bond acceptors (Lipinski definition) is 2. The Morgan fingerprint density at radius 2 is 1.62 bits per heavy atom. The Labute approximate surface area is 141 Å². The maximum atomic E-state index is 12.9. The number of nitrogens with zero attached hydrogens (tertiary/aromatic N) is 1. The highest BCUT2D eigenvalue weighted by Crippen LogP contribution is 2.18. The Bertz CT molecular complexity index is 721. The van der Waals surface area contributed by atoms with Gasteiger partial charge >= 0.3 is 0 Å². The molecule has 1 N–H and O–H groups in total. The summed E-state index contributed by atoms with van der Waals surface area (Å²) in [6.07, 6.45) is 0. The van der Waals surface area contributed by atoms with Crippen molar-refractivity contribution in [1.29, 1.82) is 0 Å². The second-order valence-electron chi connectivity index (χ2n) is 5.85. The van der Waals surface area contributed by atoms with Gasteiger partial charge in [-0.15, -0.1) is 0 Å². The van der Waals surface area contributed by atoms with E-state index in [-0.39, 0.29) is 30.7 Å². The molecule has 0 radical (unpaired) electrons. The van der Waals surface area contributed by atoms with Gasteiger partial charge in [0.25, 0.3) is 0 Å². The van der Waals surface area contributed by atoms with Crippen molar-refractivity contribution < 1.29 is 14.0 Å². The zero-order chi connectivity index (χ0) is 17.7. The lowest BCUT2D eigenvalue weighted by Crippen LogP contribution is -2.39. The van der Waals surface area contributed by atoms with Crippen molar-refractivity contribution in [3.05, 3.63) is 65.0 Å². The molecule has 4 nitrogen and oxygen atoms in total. The Kier molecular flexibility index (Phi) is 5.68. The molecule has 0 atom stereocenters. The van der Waals surface area contributed by atoms with E-state index in [0.29, 0.717) is 5.69 Å². The van der Waals surface area contributed by atoms with Crippen LogP contribution in [0, 0.1) is 19.7 Å². The van der Waals surface area contributed by atoms with Crippen LogP contribution >= 0.6 is 0 Å². The molecule has 0 aliphatic heterocycles. The first-order valence-electron chi connectivity index (χ1n) is 7.72. The molecule has 2 amide bonds. The van der Waals surface area contributed by atoms with Crippen LogP contribution in [0.15, 0.2) is 42.5 Å². The monoisotopic (exact) mass is 328 g/mol. The van der Waals surface area contributed by atoms with Crippen LogP contribution in [-0.4, -0.2) is 18.4 Å². The molecule has 2 aromatic carbocycles. The summed E-state index contributed by atoms with van der Waals surface area (Å²) in [5, 5.41) is 2.75. The summed E-state index contributed by atoms with van der Waals surface area (Å²) in [5.74, 6) is -0.784. The van der Waals surface area contributed by atoms with Crippen LogP contribution in [0.5, 0.6) is 0 Å². The van der Waals surface area contributed by atoms with Crippen LogP contribution < -0.4 is 10.2 Å². The van der Waals surface area contributed by atoms with Gasteiger partial charge in [0.1, 0.15) is 12.4 Å². The molecule has 2 rings (SSSR count). The van der Waals surface area contributed by atoms with Crippen LogP contribution in [0.25, 0.3) is 0 Å². The lowest BCUT2D eigenvalue weighted by atomic mass is 10.1. The lowest BCUT2D eigenvalue weighted by molar-refractivity contribution is -0.123. The van der Waals surface area contributed by atoms with E-state index in [2.05, 4.69) is 5.32 Å². The highest BCUT2D eigenvalue weighted by molar-refractivity contribution is 5.97. The molecule has 0 aromatic heterocycles. The average Bonchev–Trinajstić information content (AvgIpc) is 2.50. The zero-order valence-electron chi connectivity index (χ0n) is 14.1. The van der Waals surface area contributed by atoms with E-state index < -0.39 is 0 Å². The minimum absolute atomic E-state index is 0.0561. The van der Waals surface area contributed by atoms with Crippen LogP contribution in [-0.2, 0) is 16.1 Å². The number of hydrogen-bond donors (Lipinski definition) is 1. The van der Waals surface area contributed by atoms with E-state index in [9.17, 15) is 14.0 Å². The minimum Gasteiger partial charge on any atom is -0.350 e. The fourth-order valence-electron chi connectivity index (χ4n) is 2.49. The summed E-state index contributed by atoms with van der Waals surface area (Å²) >= 11 is 0. The molecule has 0 saturated heterocycles. The predicted molar refractivity (Wildman–Crippen MR) is 92.2 cm³/mol. The number of carbonyl (C=O) groups excluding carboxylic acids is 2. The van der Waals surface area contributed by atoms with E-state index in [1.54, 1.807) is 12.1 Å². The second kappa shape index (κ2) is 7.73. The third-order valence-electron chi connectivity index (χ3n) is 3.60. The molecular formula is C19H21FN2O2. The number of benzene rings is 2. The summed E-state index contributed by atoms with van der Waals surface area (Å²) in [5.41, 5.74) is 3.56. The number of rotatable bonds is 5. The molecule has 0 fully saturated rings. The summed E-state index contributed by atoms with van der Waals surface area (Å²) in [6, 6.07) is 11.7. The lowest BCUT2D eigenvalue weighted by Gasteiger charge is -2.21. The topological polar surface area (TPSA) is 49.4 Å². The minimum atomic E-state index is -0.317. The van der Waals surface area contributed by atoms with Gasteiger partial charge in [-0.25, -0.2) is 4.39 Å². The average molecular weight is 328 g/mol. The van der Waals surface area contributed by atoms with Crippen molar-refractivity contribution in [2.24, 2.45) is 0 Å². The Balaban J connectivity index is 2.03. The van der Waals surface area contributed by atoms with Crippen molar-refractivity contribution in [3.63, 3.8) is 0 Å². The number of anilines is 1. The van der Waals surface area contributed by atoms with Crippen LogP contribution in [0.2, 0.25) is 0 Å². The first kappa shape index (κ1) is 17.7. The predicted octanol–water partition coefficient (Wildman–Crippen LogP) is 3.11. The second-order valence-corrected chi connectivity index (χ2v) is 5.85. The number of halogens is 1. The molecule has 0 bridgehead atoms. The summed E-state index contributed by atoms with van der Waals surface area (Å²) < 4.78 is 12.9. The van der Waals surface area contributed by atoms with Crippen molar-refractivity contribution in [2.75, 3.05) is 11.4 Å². The number of aryl methyl sites for hydroxylation is 2. The van der Waals surface area contributed by atoms with E-state index >= 15 is 0 Å². The largest absolute Gasteiger partial charge is 0.350 e. The van der Waals surface area contributed by atoms with Crippen molar-refractivity contribution >= 4 is 17.5 Å². The molecule has 0 aliphatic rings. The van der Waals surface area contributed by atoms with E-state index in [0.717, 1.165) is 16.7 Å². The van der Waals surface area contributed by atoms with Crippen molar-refractivity contribution in [3.8, 4) is 0 Å². The molecule has 0 unspecified atom stereocenters. The molecule has 2 aromatic rings. The van der Waals surface area contributed by atoms with E-state index in [1.165, 1.54) is 24.0 Å². The van der Waals surface area contributed by atoms with Gasteiger partial charge in [-0.1, -0.05) is 18.2 Å². The fraction of sp³-hybridized carbons (Fsp3) is 0.263. The van der Waals surface area contributed by atoms with E-state index in [4.69, 9.17) is 0 Å². The normalized spacial score (nSPS) is 10.3. The summed E-state index contributed by atoms with van der Waals surface area (Å²) in [6.45, 7) is 5.56. The van der Waals surface area contributed by atoms with Crippen LogP contribution in [0.4, 0.5) is 10.1 Å². The van der Waals surface area contributed by atoms with Gasteiger partial charge in [0.2, 0.25) is 11.8 Å². The van der Waals surface area contributed by atoms with Gasteiger partial charge < -0.3 is 10.2 Å². The highest BCUT2D eigenvalue weighted by Gasteiger charge is 2.16. The Morgan fingerprint density at radius 1 is 1.04 bits per heavy atom. The number of nitrogens with one attached hydrogen (secondary N) is 1. The van der Waals surface area contributed by atoms with Gasteiger partial charge in [-0.05, 0) is 54.8 Å². The third kappa shape index (κ3) is 4.91. The fourth-order valence-corrected chi connectivity index (χ4v) is 2.49. The first-order chi connectivity index (χ1) is 11.3. The highest BCUT2D eigenvalue weighted by atomic mass is 19.1. The molecule has 24 heavy (non-hydrogen) atoms. The van der Waals surface area contributed by atoms with Crippen LogP contribution in [0.1, 0.15) is 23.6 Å². The molecular weight excluding hydrogens is 307 g/mol. The molecule has 0 saturated carbocycles. The van der Waals surface area contributed by atoms with E-state index in [1.807, 2.05) is 32.0 Å². The Morgan fingerprint density at radius 3 is 2.17 bits per heavy atom. The van der Waals surface area contributed by atoms with Crippen molar-refractivity contribution in [1.82, 2.24) is 5.32 Å². The SMILES string of the molecule is CC(=O)N(CC(=O)NCc1ccc(F)cc1)c1cc(C)cc(C)c1. The van der Waals surface area contributed by atoms with Gasteiger partial charge in [-0.2, -0.15) is 0 Å². The molecule has 126 valence electrons. The standard InChI is InChI=1S/C19H21FN2O2/c1-13-8-14(2)10-18(9-13)22(15(3)23)12-19(24)21-11-16-4-6-17(20)7-5-16/h4-10H,11-12H2,1-3H3,(H,21,24). The molecule has 0 aliphatic carbocycles. The van der Waals surface area contributed by atoms with Gasteiger partial charge in [0.05, 0.1) is 0 Å². The molecule has 0 heterocycles. The maximum absolute atomic E-state index is 12.9. The van der Waals surface area contributed by atoms with Gasteiger partial charge in [0.15, 0.2) is 0 Å². The Hall–Kier alpha value is -2.69. The van der Waals surface area contributed by atoms with Crippen LogP contribution in [0.3, 0.4) is 0 Å². The summed E-state index contributed by atoms with van der Waals surface area (Å²) in [7, 11) is 0. The van der Waals surface area contributed by atoms with Crippen molar-refractivity contribution in [2.45, 2.75) is 27.3 Å². The van der Waals surface area contributed by atoms with Gasteiger partial charge in [0, 0.05) is 19.2 Å². The zero-order valence-corrected chi connectivity index (χ0v) is 14.1. The molecule has 0 spiro atoms. The summed E-state index contributed by atoms with van der Waals surface area (Å²) in [4.78, 5) is 25.5.